The van der Waals surface area contributed by atoms with Gasteiger partial charge in [-0.15, -0.1) is 0 Å². The first-order chi connectivity index (χ1) is 12.0. The molecule has 0 N–H and O–H groups in total. The summed E-state index contributed by atoms with van der Waals surface area (Å²) in [5.41, 5.74) is -0.149. The third-order valence-electron chi connectivity index (χ3n) is 5.91. The second-order valence-electron chi connectivity index (χ2n) is 7.63. The predicted molar refractivity (Wildman–Crippen MR) is 96.8 cm³/mol. The smallest absolute Gasteiger partial charge is 0.305 e. The summed E-state index contributed by atoms with van der Waals surface area (Å²) in [6, 6.07) is 0. The molecule has 0 aliphatic carbocycles. The third kappa shape index (κ3) is 4.25. The van der Waals surface area contributed by atoms with Gasteiger partial charge in [0.15, 0.2) is 0 Å². The summed E-state index contributed by atoms with van der Waals surface area (Å²) >= 11 is 0. The van der Waals surface area contributed by atoms with Gasteiger partial charge in [0.25, 0.3) is 0 Å². The van der Waals surface area contributed by atoms with Gasteiger partial charge in [0, 0.05) is 20.0 Å². The van der Waals surface area contributed by atoms with E-state index < -0.39 is 0 Å². The predicted octanol–water partition coefficient (Wildman–Crippen LogP) is 3.68. The lowest BCUT2D eigenvalue weighted by atomic mass is 9.71. The number of allylic oxidation sites excluding steroid dienone is 1. The zero-order valence-corrected chi connectivity index (χ0v) is 16.1. The molecule has 0 aromatic rings. The van der Waals surface area contributed by atoms with Gasteiger partial charge in [-0.25, -0.2) is 0 Å². The maximum absolute atomic E-state index is 12.8. The fourth-order valence-electron chi connectivity index (χ4n) is 4.78. The molecule has 5 nitrogen and oxygen atoms in total. The van der Waals surface area contributed by atoms with Gasteiger partial charge in [0.1, 0.15) is 6.23 Å². The standard InChI is InChI=1S/C20H33NO4/c1-15(2)16-9-8-10-17(22)21-18(24-3)12-14-20(16,21)13-7-5-6-11-19(23)25-4/h5,7,15-16,18H,6,8-14H2,1-4H3/b7-5-/t16-,18?,20+/m1/s1. The number of methoxy groups -OCH3 is 2. The number of fused-ring (bicyclic) bond motifs is 1. The molecule has 2 heterocycles. The number of esters is 1. The highest BCUT2D eigenvalue weighted by Gasteiger charge is 2.54. The van der Waals surface area contributed by atoms with Crippen LogP contribution in [-0.2, 0) is 19.1 Å². The first-order valence-corrected chi connectivity index (χ1v) is 9.53. The Morgan fingerprint density at radius 2 is 2.08 bits per heavy atom. The van der Waals surface area contributed by atoms with E-state index in [4.69, 9.17) is 4.74 Å². The summed E-state index contributed by atoms with van der Waals surface area (Å²) in [6.45, 7) is 4.53. The van der Waals surface area contributed by atoms with Crippen LogP contribution in [0.15, 0.2) is 12.2 Å². The monoisotopic (exact) mass is 351 g/mol. The summed E-state index contributed by atoms with van der Waals surface area (Å²) < 4.78 is 10.3. The fourth-order valence-corrected chi connectivity index (χ4v) is 4.78. The zero-order chi connectivity index (χ0) is 18.4. The molecule has 142 valence electrons. The van der Waals surface area contributed by atoms with Crippen molar-refractivity contribution < 1.29 is 19.1 Å². The van der Waals surface area contributed by atoms with E-state index >= 15 is 0 Å². The normalized spacial score (nSPS) is 30.0. The number of hydrogen-bond donors (Lipinski definition) is 0. The lowest BCUT2D eigenvalue weighted by Crippen LogP contribution is -2.55. The lowest BCUT2D eigenvalue weighted by Gasteiger charge is -2.46. The molecule has 2 aliphatic rings. The van der Waals surface area contributed by atoms with Crippen LogP contribution in [0.4, 0.5) is 0 Å². The van der Waals surface area contributed by atoms with Crippen LogP contribution in [0.5, 0.6) is 0 Å². The van der Waals surface area contributed by atoms with Gasteiger partial charge in [-0.05, 0) is 50.4 Å². The minimum absolute atomic E-state index is 0.102. The van der Waals surface area contributed by atoms with Crippen molar-refractivity contribution in [2.24, 2.45) is 11.8 Å². The van der Waals surface area contributed by atoms with Crippen molar-refractivity contribution in [2.45, 2.75) is 77.0 Å². The molecule has 1 unspecified atom stereocenters. The van der Waals surface area contributed by atoms with Gasteiger partial charge in [-0.2, -0.15) is 0 Å². The Morgan fingerprint density at radius 3 is 2.72 bits per heavy atom. The number of rotatable bonds is 7. The highest BCUT2D eigenvalue weighted by molar-refractivity contribution is 5.78. The van der Waals surface area contributed by atoms with Crippen molar-refractivity contribution in [3.05, 3.63) is 12.2 Å². The molecule has 2 fully saturated rings. The molecule has 2 saturated heterocycles. The number of carbonyl (C=O) groups is 2. The Morgan fingerprint density at radius 1 is 1.32 bits per heavy atom. The number of ether oxygens (including phenoxy) is 2. The minimum Gasteiger partial charge on any atom is -0.469 e. The highest BCUT2D eigenvalue weighted by atomic mass is 16.5. The SMILES string of the molecule is COC(=O)CC/C=C\C[C@@]12CCC(OC)N1C(=O)CCC[C@@H]2C(C)C. The van der Waals surface area contributed by atoms with Gasteiger partial charge in [-0.3, -0.25) is 9.59 Å². The van der Waals surface area contributed by atoms with Crippen LogP contribution in [0.2, 0.25) is 0 Å². The van der Waals surface area contributed by atoms with E-state index in [0.717, 1.165) is 32.1 Å². The van der Waals surface area contributed by atoms with E-state index in [1.165, 1.54) is 7.11 Å². The highest BCUT2D eigenvalue weighted by Crippen LogP contribution is 2.49. The largest absolute Gasteiger partial charge is 0.469 e. The van der Waals surface area contributed by atoms with Crippen LogP contribution >= 0.6 is 0 Å². The third-order valence-corrected chi connectivity index (χ3v) is 5.91. The first kappa shape index (κ1) is 20.0. The molecule has 0 aromatic carbocycles. The summed E-state index contributed by atoms with van der Waals surface area (Å²) in [5, 5.41) is 0. The lowest BCUT2D eigenvalue weighted by molar-refractivity contribution is -0.150. The Hall–Kier alpha value is -1.36. The molecule has 0 saturated carbocycles. The molecule has 1 amide bonds. The molecule has 25 heavy (non-hydrogen) atoms. The van der Waals surface area contributed by atoms with Crippen LogP contribution in [-0.4, -0.2) is 42.8 Å². The number of amides is 1. The van der Waals surface area contributed by atoms with Crippen LogP contribution in [0.1, 0.15) is 65.2 Å². The van der Waals surface area contributed by atoms with Crippen molar-refractivity contribution in [1.29, 1.82) is 0 Å². The molecular weight excluding hydrogens is 318 g/mol. The molecule has 2 rings (SSSR count). The second-order valence-corrected chi connectivity index (χ2v) is 7.63. The number of nitrogens with zero attached hydrogens (tertiary/aromatic N) is 1. The Kier molecular flexibility index (Phi) is 7.05. The fraction of sp³-hybridized carbons (Fsp3) is 0.800. The van der Waals surface area contributed by atoms with E-state index in [-0.39, 0.29) is 23.6 Å². The van der Waals surface area contributed by atoms with Gasteiger partial charge in [0.05, 0.1) is 12.6 Å². The van der Waals surface area contributed by atoms with Gasteiger partial charge in [0.2, 0.25) is 5.91 Å². The Balaban J connectivity index is 2.20. The Bertz CT molecular complexity index is 502. The molecular formula is C20H33NO4. The quantitative estimate of drug-likeness (QED) is 0.519. The van der Waals surface area contributed by atoms with Gasteiger partial charge in [-0.1, -0.05) is 26.0 Å². The van der Waals surface area contributed by atoms with E-state index in [1.807, 2.05) is 0 Å². The van der Waals surface area contributed by atoms with Crippen LogP contribution in [0.25, 0.3) is 0 Å². The zero-order valence-electron chi connectivity index (χ0n) is 16.1. The summed E-state index contributed by atoms with van der Waals surface area (Å²) in [4.78, 5) is 26.1. The molecule has 0 bridgehead atoms. The first-order valence-electron chi connectivity index (χ1n) is 9.53. The molecule has 0 radical (unpaired) electrons. The van der Waals surface area contributed by atoms with Crippen molar-refractivity contribution in [3.63, 3.8) is 0 Å². The van der Waals surface area contributed by atoms with Crippen molar-refractivity contribution in [3.8, 4) is 0 Å². The maximum Gasteiger partial charge on any atom is 0.305 e. The van der Waals surface area contributed by atoms with Crippen LogP contribution in [0, 0.1) is 11.8 Å². The maximum atomic E-state index is 12.8. The van der Waals surface area contributed by atoms with Crippen molar-refractivity contribution >= 4 is 11.9 Å². The van der Waals surface area contributed by atoms with Crippen LogP contribution in [0.3, 0.4) is 0 Å². The molecule has 0 aromatic heterocycles. The number of hydrogen-bond acceptors (Lipinski definition) is 4. The average molecular weight is 351 g/mol. The summed E-state index contributed by atoms with van der Waals surface area (Å²) in [7, 11) is 3.12. The minimum atomic E-state index is -0.186. The summed E-state index contributed by atoms with van der Waals surface area (Å²) in [5.74, 6) is 1.04. The molecule has 0 spiro atoms. The van der Waals surface area contributed by atoms with Crippen LogP contribution < -0.4 is 0 Å². The summed E-state index contributed by atoms with van der Waals surface area (Å²) in [6.07, 6.45) is 10.6. The molecule has 5 heteroatoms. The molecule has 3 atom stereocenters. The van der Waals surface area contributed by atoms with Crippen molar-refractivity contribution in [2.75, 3.05) is 14.2 Å². The van der Waals surface area contributed by atoms with E-state index in [1.54, 1.807) is 7.11 Å². The average Bonchev–Trinajstić information content (AvgIpc) is 2.90. The Labute approximate surface area is 151 Å². The van der Waals surface area contributed by atoms with Crippen molar-refractivity contribution in [1.82, 2.24) is 4.90 Å². The second kappa shape index (κ2) is 8.84. The van der Waals surface area contributed by atoms with Gasteiger partial charge < -0.3 is 14.4 Å². The molecule has 2 aliphatic heterocycles. The topological polar surface area (TPSA) is 55.8 Å². The van der Waals surface area contributed by atoms with E-state index in [9.17, 15) is 9.59 Å². The number of carbonyl (C=O) groups excluding carboxylic acids is 2. The van der Waals surface area contributed by atoms with E-state index in [2.05, 4.69) is 35.6 Å². The van der Waals surface area contributed by atoms with Gasteiger partial charge >= 0.3 is 5.97 Å². The van der Waals surface area contributed by atoms with E-state index in [0.29, 0.717) is 31.1 Å².